The van der Waals surface area contributed by atoms with Crippen LogP contribution in [0.25, 0.3) is 0 Å². The first kappa shape index (κ1) is 18.2. The van der Waals surface area contributed by atoms with Gasteiger partial charge in [0, 0.05) is 17.7 Å². The van der Waals surface area contributed by atoms with Gasteiger partial charge in [0.05, 0.1) is 18.0 Å². The number of aryl methyl sites for hydroxylation is 1. The Balaban J connectivity index is 1.88. The van der Waals surface area contributed by atoms with Gasteiger partial charge in [0.15, 0.2) is 5.78 Å². The van der Waals surface area contributed by atoms with Gasteiger partial charge in [-0.15, -0.1) is 11.3 Å². The number of Topliss-reactive ketones (excluding diaryl/α,β-unsaturated/α-hetero) is 1. The van der Waals surface area contributed by atoms with Crippen LogP contribution in [0.4, 0.5) is 0 Å². The predicted octanol–water partition coefficient (Wildman–Crippen LogP) is 4.30. The number of nitrogens with one attached hydrogen (secondary N) is 1. The molecule has 1 aromatic heterocycles. The minimum Gasteiger partial charge on any atom is -0.497 e. The van der Waals surface area contributed by atoms with Crippen LogP contribution in [0, 0.1) is 6.92 Å². The van der Waals surface area contributed by atoms with Crippen LogP contribution in [-0.2, 0) is 4.79 Å². The molecule has 5 heteroatoms. The summed E-state index contributed by atoms with van der Waals surface area (Å²) in [6.45, 7) is 3.99. The van der Waals surface area contributed by atoms with Crippen LogP contribution >= 0.6 is 11.3 Å². The van der Waals surface area contributed by atoms with Gasteiger partial charge < -0.3 is 10.1 Å². The summed E-state index contributed by atoms with van der Waals surface area (Å²) >= 11 is 1.47. The van der Waals surface area contributed by atoms with E-state index in [4.69, 9.17) is 4.74 Å². The smallest absolute Gasteiger partial charge is 0.220 e. The average Bonchev–Trinajstić information content (AvgIpc) is 3.04. The van der Waals surface area contributed by atoms with E-state index >= 15 is 0 Å². The van der Waals surface area contributed by atoms with E-state index < -0.39 is 0 Å². The lowest BCUT2D eigenvalue weighted by Gasteiger charge is -2.17. The summed E-state index contributed by atoms with van der Waals surface area (Å²) in [5, 5.41) is 3.00. The second kappa shape index (κ2) is 8.64. The summed E-state index contributed by atoms with van der Waals surface area (Å²) in [5.41, 5.74) is 1.03. The van der Waals surface area contributed by atoms with Crippen molar-refractivity contribution >= 4 is 23.0 Å². The molecular weight excluding hydrogens is 322 g/mol. The average molecular weight is 345 g/mol. The zero-order valence-electron chi connectivity index (χ0n) is 14.3. The first-order valence-electron chi connectivity index (χ1n) is 8.06. The highest BCUT2D eigenvalue weighted by Crippen LogP contribution is 2.21. The fourth-order valence-corrected chi connectivity index (χ4v) is 3.29. The number of ketones is 1. The number of hydrogen-bond donors (Lipinski definition) is 1. The van der Waals surface area contributed by atoms with Crippen molar-refractivity contribution in [3.05, 3.63) is 51.7 Å². The van der Waals surface area contributed by atoms with Crippen molar-refractivity contribution in [3.63, 3.8) is 0 Å². The molecule has 128 valence electrons. The first-order chi connectivity index (χ1) is 11.5. The molecule has 0 radical (unpaired) electrons. The normalized spacial score (nSPS) is 11.8. The second-order valence-electron chi connectivity index (χ2n) is 5.63. The third kappa shape index (κ3) is 4.93. The van der Waals surface area contributed by atoms with E-state index in [-0.39, 0.29) is 30.6 Å². The monoisotopic (exact) mass is 345 g/mol. The zero-order chi connectivity index (χ0) is 17.5. The van der Waals surface area contributed by atoms with Crippen molar-refractivity contribution in [2.75, 3.05) is 7.11 Å². The standard InChI is InChI=1S/C19H23NO3S/c1-4-16(14-6-8-15(23-3)9-7-14)20-19(22)12-10-17(21)18-11-5-13(2)24-18/h5-9,11,16H,4,10,12H2,1-3H3,(H,20,22). The molecule has 1 atom stereocenters. The molecule has 1 aromatic carbocycles. The van der Waals surface area contributed by atoms with E-state index in [0.29, 0.717) is 0 Å². The highest BCUT2D eigenvalue weighted by Gasteiger charge is 2.15. The van der Waals surface area contributed by atoms with Crippen molar-refractivity contribution in [2.24, 2.45) is 0 Å². The van der Waals surface area contributed by atoms with E-state index in [0.717, 1.165) is 27.5 Å². The third-order valence-corrected chi connectivity index (χ3v) is 4.90. The number of hydrogen-bond acceptors (Lipinski definition) is 4. The molecule has 4 nitrogen and oxygen atoms in total. The van der Waals surface area contributed by atoms with Crippen LogP contribution in [-0.4, -0.2) is 18.8 Å². The lowest BCUT2D eigenvalue weighted by Crippen LogP contribution is -2.28. The van der Waals surface area contributed by atoms with Gasteiger partial charge in [-0.05, 0) is 43.2 Å². The molecule has 1 heterocycles. The molecule has 0 bridgehead atoms. The van der Waals surface area contributed by atoms with Crippen LogP contribution in [0.3, 0.4) is 0 Å². The van der Waals surface area contributed by atoms with Crippen molar-refractivity contribution in [2.45, 2.75) is 39.2 Å². The van der Waals surface area contributed by atoms with Gasteiger partial charge >= 0.3 is 0 Å². The summed E-state index contributed by atoms with van der Waals surface area (Å²) in [7, 11) is 1.63. The summed E-state index contributed by atoms with van der Waals surface area (Å²) in [5.74, 6) is 0.719. The van der Waals surface area contributed by atoms with E-state index in [9.17, 15) is 9.59 Å². The molecule has 0 aliphatic heterocycles. The Labute approximate surface area is 146 Å². The van der Waals surface area contributed by atoms with E-state index in [1.54, 1.807) is 7.11 Å². The maximum absolute atomic E-state index is 12.2. The quantitative estimate of drug-likeness (QED) is 0.726. The SMILES string of the molecule is CCC(NC(=O)CCC(=O)c1ccc(C)s1)c1ccc(OC)cc1. The van der Waals surface area contributed by atoms with Crippen molar-refractivity contribution in [3.8, 4) is 5.75 Å². The molecule has 0 spiro atoms. The highest BCUT2D eigenvalue weighted by atomic mass is 32.1. The summed E-state index contributed by atoms with van der Waals surface area (Å²) in [6.07, 6.45) is 1.24. The van der Waals surface area contributed by atoms with Crippen LogP contribution in [0.2, 0.25) is 0 Å². The molecular formula is C19H23NO3S. The fourth-order valence-electron chi connectivity index (χ4n) is 2.46. The largest absolute Gasteiger partial charge is 0.497 e. The Morgan fingerprint density at radius 2 is 1.83 bits per heavy atom. The molecule has 0 saturated carbocycles. The molecule has 0 aliphatic rings. The van der Waals surface area contributed by atoms with Gasteiger partial charge in [-0.1, -0.05) is 19.1 Å². The van der Waals surface area contributed by atoms with Gasteiger partial charge in [-0.25, -0.2) is 0 Å². The number of thiophene rings is 1. The summed E-state index contributed by atoms with van der Waals surface area (Å²) in [6, 6.07) is 11.4. The topological polar surface area (TPSA) is 55.4 Å². The molecule has 0 fully saturated rings. The summed E-state index contributed by atoms with van der Waals surface area (Å²) in [4.78, 5) is 26.1. The molecule has 24 heavy (non-hydrogen) atoms. The third-order valence-electron chi connectivity index (χ3n) is 3.86. The number of amides is 1. The molecule has 2 aromatic rings. The van der Waals surface area contributed by atoms with E-state index in [1.807, 2.05) is 50.2 Å². The Morgan fingerprint density at radius 1 is 1.12 bits per heavy atom. The number of rotatable bonds is 8. The Kier molecular flexibility index (Phi) is 6.55. The minimum absolute atomic E-state index is 0.0285. The van der Waals surface area contributed by atoms with Gasteiger partial charge in [0.1, 0.15) is 5.75 Å². The fraction of sp³-hybridized carbons (Fsp3) is 0.368. The minimum atomic E-state index is -0.0979. The first-order valence-corrected chi connectivity index (χ1v) is 8.88. The number of methoxy groups -OCH3 is 1. The van der Waals surface area contributed by atoms with Gasteiger partial charge in [-0.3, -0.25) is 9.59 Å². The molecule has 1 N–H and O–H groups in total. The number of carbonyl (C=O) groups is 2. The van der Waals surface area contributed by atoms with Crippen LogP contribution in [0.15, 0.2) is 36.4 Å². The molecule has 2 rings (SSSR count). The van der Waals surface area contributed by atoms with Crippen LogP contribution < -0.4 is 10.1 Å². The maximum Gasteiger partial charge on any atom is 0.220 e. The Morgan fingerprint density at radius 3 is 2.38 bits per heavy atom. The van der Waals surface area contributed by atoms with Crippen LogP contribution in [0.5, 0.6) is 5.75 Å². The van der Waals surface area contributed by atoms with Crippen LogP contribution in [0.1, 0.15) is 52.3 Å². The van der Waals surface area contributed by atoms with Gasteiger partial charge in [-0.2, -0.15) is 0 Å². The Bertz CT molecular complexity index is 691. The van der Waals surface area contributed by atoms with Crippen molar-refractivity contribution in [1.29, 1.82) is 0 Å². The lowest BCUT2D eigenvalue weighted by atomic mass is 10.0. The number of benzene rings is 1. The molecule has 0 aliphatic carbocycles. The number of ether oxygens (including phenoxy) is 1. The second-order valence-corrected chi connectivity index (χ2v) is 6.92. The molecule has 0 saturated heterocycles. The maximum atomic E-state index is 12.2. The van der Waals surface area contributed by atoms with Gasteiger partial charge in [0.25, 0.3) is 0 Å². The number of carbonyl (C=O) groups excluding carboxylic acids is 2. The highest BCUT2D eigenvalue weighted by molar-refractivity contribution is 7.14. The molecule has 1 amide bonds. The van der Waals surface area contributed by atoms with E-state index in [1.165, 1.54) is 11.3 Å². The van der Waals surface area contributed by atoms with Gasteiger partial charge in [0.2, 0.25) is 5.91 Å². The van der Waals surface area contributed by atoms with Crippen molar-refractivity contribution in [1.82, 2.24) is 5.32 Å². The summed E-state index contributed by atoms with van der Waals surface area (Å²) < 4.78 is 5.15. The molecule has 1 unspecified atom stereocenters. The van der Waals surface area contributed by atoms with E-state index in [2.05, 4.69) is 5.32 Å². The zero-order valence-corrected chi connectivity index (χ0v) is 15.1. The Hall–Kier alpha value is -2.14. The predicted molar refractivity (Wildman–Crippen MR) is 96.8 cm³/mol. The lowest BCUT2D eigenvalue weighted by molar-refractivity contribution is -0.121. The van der Waals surface area contributed by atoms with Crippen molar-refractivity contribution < 1.29 is 14.3 Å².